The van der Waals surface area contributed by atoms with Crippen LogP contribution in [0.3, 0.4) is 0 Å². The maximum absolute atomic E-state index is 5.91. The van der Waals surface area contributed by atoms with Gasteiger partial charge in [-0.2, -0.15) is 0 Å². The van der Waals surface area contributed by atoms with Gasteiger partial charge in [0.25, 0.3) is 0 Å². The average molecular weight is 338 g/mol. The largest absolute Gasteiger partial charge is 0.492 e. The van der Waals surface area contributed by atoms with Crippen LogP contribution in [0.2, 0.25) is 0 Å². The molecule has 1 unspecified atom stereocenters. The van der Waals surface area contributed by atoms with Crippen molar-refractivity contribution in [2.45, 2.75) is 18.2 Å². The highest BCUT2D eigenvalue weighted by molar-refractivity contribution is 8.00. The maximum atomic E-state index is 5.91. The zero-order valence-corrected chi connectivity index (χ0v) is 14.5. The number of aromatic nitrogens is 1. The van der Waals surface area contributed by atoms with Crippen molar-refractivity contribution in [3.8, 4) is 5.75 Å². The summed E-state index contributed by atoms with van der Waals surface area (Å²) in [5.74, 6) is 2.03. The molecule has 0 aliphatic carbocycles. The van der Waals surface area contributed by atoms with E-state index in [1.807, 2.05) is 11.8 Å². The van der Waals surface area contributed by atoms with Crippen molar-refractivity contribution in [1.82, 2.24) is 9.88 Å². The first-order chi connectivity index (χ1) is 11.9. The van der Waals surface area contributed by atoms with Gasteiger partial charge in [-0.15, -0.1) is 11.8 Å². The number of fused-ring (bicyclic) bond motifs is 1. The van der Waals surface area contributed by atoms with Crippen LogP contribution in [0, 0.1) is 0 Å². The Morgan fingerprint density at radius 2 is 1.96 bits per heavy atom. The van der Waals surface area contributed by atoms with Crippen LogP contribution in [-0.4, -0.2) is 28.8 Å². The van der Waals surface area contributed by atoms with Crippen LogP contribution in [0.25, 0.3) is 10.9 Å². The molecule has 0 saturated carbocycles. The molecule has 0 bridgehead atoms. The van der Waals surface area contributed by atoms with E-state index in [1.165, 1.54) is 16.5 Å². The van der Waals surface area contributed by atoms with Gasteiger partial charge in [-0.1, -0.05) is 30.3 Å². The number of benzene rings is 2. The Labute approximate surface area is 147 Å². The van der Waals surface area contributed by atoms with Crippen LogP contribution < -0.4 is 10.1 Å². The normalized spacial score (nSPS) is 17.4. The van der Waals surface area contributed by atoms with Gasteiger partial charge in [0.05, 0.1) is 6.54 Å². The Morgan fingerprint density at radius 1 is 1.08 bits per heavy atom. The van der Waals surface area contributed by atoms with E-state index in [2.05, 4.69) is 70.7 Å². The smallest absolute Gasteiger partial charge is 0.119 e. The number of hydrogen-bond acceptors (Lipinski definition) is 3. The van der Waals surface area contributed by atoms with Crippen molar-refractivity contribution in [2.24, 2.45) is 0 Å². The SMILES string of the molecule is c1ccc2c(c1)ccn2CCOc1ccc(CC2CNCS2)cc1. The minimum absolute atomic E-state index is 0.681. The Bertz CT molecular complexity index is 791. The second kappa shape index (κ2) is 7.32. The van der Waals surface area contributed by atoms with Gasteiger partial charge in [-0.25, -0.2) is 0 Å². The fourth-order valence-corrected chi connectivity index (χ4v) is 4.19. The van der Waals surface area contributed by atoms with Crippen LogP contribution in [0.5, 0.6) is 5.75 Å². The van der Waals surface area contributed by atoms with Crippen LogP contribution in [0.1, 0.15) is 5.56 Å². The average Bonchev–Trinajstić information content (AvgIpc) is 3.27. The monoisotopic (exact) mass is 338 g/mol. The molecule has 1 N–H and O–H groups in total. The number of para-hydroxylation sites is 1. The summed E-state index contributed by atoms with van der Waals surface area (Å²) in [4.78, 5) is 0. The molecule has 0 spiro atoms. The molecule has 1 atom stereocenters. The van der Waals surface area contributed by atoms with Gasteiger partial charge in [0.1, 0.15) is 12.4 Å². The summed E-state index contributed by atoms with van der Waals surface area (Å²) in [6.45, 7) is 2.66. The first-order valence-electron chi connectivity index (χ1n) is 8.46. The summed E-state index contributed by atoms with van der Waals surface area (Å²) in [5.41, 5.74) is 2.65. The van der Waals surface area contributed by atoms with Crippen molar-refractivity contribution in [1.29, 1.82) is 0 Å². The predicted molar refractivity (Wildman–Crippen MR) is 102 cm³/mol. The van der Waals surface area contributed by atoms with Crippen molar-refractivity contribution < 1.29 is 4.74 Å². The Kier molecular flexibility index (Phi) is 4.76. The van der Waals surface area contributed by atoms with Crippen molar-refractivity contribution in [3.05, 3.63) is 66.4 Å². The van der Waals surface area contributed by atoms with Crippen molar-refractivity contribution in [2.75, 3.05) is 19.0 Å². The fraction of sp³-hybridized carbons (Fsp3) is 0.300. The topological polar surface area (TPSA) is 26.2 Å². The number of nitrogens with one attached hydrogen (secondary N) is 1. The van der Waals surface area contributed by atoms with Gasteiger partial charge in [-0.3, -0.25) is 0 Å². The van der Waals surface area contributed by atoms with E-state index >= 15 is 0 Å². The zero-order valence-electron chi connectivity index (χ0n) is 13.7. The van der Waals surface area contributed by atoms with Gasteiger partial charge in [0.15, 0.2) is 0 Å². The van der Waals surface area contributed by atoms with E-state index in [0.29, 0.717) is 11.9 Å². The lowest BCUT2D eigenvalue weighted by atomic mass is 10.1. The molecule has 3 nitrogen and oxygen atoms in total. The maximum Gasteiger partial charge on any atom is 0.119 e. The molecule has 0 amide bonds. The van der Waals surface area contributed by atoms with E-state index in [-0.39, 0.29) is 0 Å². The summed E-state index contributed by atoms with van der Waals surface area (Å²) in [6, 6.07) is 19.2. The Balaban J connectivity index is 1.31. The van der Waals surface area contributed by atoms with Gasteiger partial charge in [0.2, 0.25) is 0 Å². The molecule has 0 radical (unpaired) electrons. The van der Waals surface area contributed by atoms with Crippen molar-refractivity contribution >= 4 is 22.7 Å². The third-order valence-corrected chi connectivity index (χ3v) is 5.64. The van der Waals surface area contributed by atoms with E-state index in [0.717, 1.165) is 31.1 Å². The molecule has 2 heterocycles. The molecule has 24 heavy (non-hydrogen) atoms. The molecule has 4 heteroatoms. The zero-order chi connectivity index (χ0) is 16.2. The second-order valence-electron chi connectivity index (χ2n) is 6.15. The molecule has 1 fully saturated rings. The standard InChI is InChI=1S/C20H22N2OS/c1-2-4-20-17(3-1)9-10-22(20)11-12-23-18-7-5-16(6-8-18)13-19-14-21-15-24-19/h1-10,19,21H,11-15H2. The second-order valence-corrected chi connectivity index (χ2v) is 7.44. The number of thioether (sulfide) groups is 1. The molecule has 1 aliphatic heterocycles. The van der Waals surface area contributed by atoms with Gasteiger partial charge >= 0.3 is 0 Å². The van der Waals surface area contributed by atoms with E-state index in [4.69, 9.17) is 4.74 Å². The first kappa shape index (κ1) is 15.6. The highest BCUT2D eigenvalue weighted by atomic mass is 32.2. The van der Waals surface area contributed by atoms with Crippen LogP contribution >= 0.6 is 11.8 Å². The highest BCUT2D eigenvalue weighted by Gasteiger charge is 2.15. The third kappa shape index (κ3) is 3.60. The van der Waals surface area contributed by atoms with Gasteiger partial charge in [0, 0.05) is 29.4 Å². The fourth-order valence-electron chi connectivity index (χ4n) is 3.17. The Hall–Kier alpha value is -1.91. The van der Waals surface area contributed by atoms with Crippen molar-refractivity contribution in [3.63, 3.8) is 0 Å². The van der Waals surface area contributed by atoms with Crippen LogP contribution in [0.15, 0.2) is 60.8 Å². The number of hydrogen-bond donors (Lipinski definition) is 1. The summed E-state index contributed by atoms with van der Waals surface area (Å²) in [6.07, 6.45) is 3.26. The number of rotatable bonds is 6. The summed E-state index contributed by atoms with van der Waals surface area (Å²) in [5, 5.41) is 5.38. The molecule has 124 valence electrons. The summed E-state index contributed by atoms with van der Waals surface area (Å²) < 4.78 is 8.16. The van der Waals surface area contributed by atoms with E-state index < -0.39 is 0 Å². The number of ether oxygens (including phenoxy) is 1. The van der Waals surface area contributed by atoms with Crippen LogP contribution in [-0.2, 0) is 13.0 Å². The minimum atomic E-state index is 0.681. The van der Waals surface area contributed by atoms with Gasteiger partial charge < -0.3 is 14.6 Å². The lowest BCUT2D eigenvalue weighted by Gasteiger charge is -2.10. The lowest BCUT2D eigenvalue weighted by Crippen LogP contribution is -2.14. The summed E-state index contributed by atoms with van der Waals surface area (Å²) >= 11 is 2.01. The third-order valence-electron chi connectivity index (χ3n) is 4.46. The molecule has 3 aromatic rings. The van der Waals surface area contributed by atoms with E-state index in [1.54, 1.807) is 0 Å². The molecular weight excluding hydrogens is 316 g/mol. The summed E-state index contributed by atoms with van der Waals surface area (Å²) in [7, 11) is 0. The molecule has 2 aromatic carbocycles. The Morgan fingerprint density at radius 3 is 2.79 bits per heavy atom. The van der Waals surface area contributed by atoms with Crippen LogP contribution in [0.4, 0.5) is 0 Å². The lowest BCUT2D eigenvalue weighted by molar-refractivity contribution is 0.300. The number of nitrogens with zero attached hydrogens (tertiary/aromatic N) is 1. The minimum Gasteiger partial charge on any atom is -0.492 e. The molecule has 1 saturated heterocycles. The molecule has 1 aliphatic rings. The van der Waals surface area contributed by atoms with Gasteiger partial charge in [-0.05, 0) is 41.6 Å². The molecule has 1 aromatic heterocycles. The predicted octanol–water partition coefficient (Wildman–Crippen LogP) is 3.93. The first-order valence-corrected chi connectivity index (χ1v) is 9.51. The molecular formula is C20H22N2OS. The van der Waals surface area contributed by atoms with E-state index in [9.17, 15) is 0 Å². The quantitative estimate of drug-likeness (QED) is 0.738. The highest BCUT2D eigenvalue weighted by Crippen LogP contribution is 2.21. The molecule has 4 rings (SSSR count).